The second-order valence-corrected chi connectivity index (χ2v) is 5.96. The summed E-state index contributed by atoms with van der Waals surface area (Å²) in [7, 11) is 0. The van der Waals surface area contributed by atoms with Gasteiger partial charge in [0.05, 0.1) is 10.6 Å². The number of aromatic nitrogens is 4. The van der Waals surface area contributed by atoms with Gasteiger partial charge in [0, 0.05) is 10.6 Å². The van der Waals surface area contributed by atoms with E-state index in [1.165, 1.54) is 0 Å². The van der Waals surface area contributed by atoms with Crippen LogP contribution >= 0.6 is 22.9 Å². The quantitative estimate of drug-likeness (QED) is 0.601. The Bertz CT molecular complexity index is 913. The van der Waals surface area contributed by atoms with Crippen LogP contribution in [0.1, 0.15) is 0 Å². The summed E-state index contributed by atoms with van der Waals surface area (Å²) in [6, 6.07) is 13.2. The van der Waals surface area contributed by atoms with Crippen molar-refractivity contribution in [3.05, 3.63) is 52.9 Å². The van der Waals surface area contributed by atoms with E-state index in [9.17, 15) is 0 Å². The van der Waals surface area contributed by atoms with Crippen molar-refractivity contribution in [3.63, 3.8) is 0 Å². The Hall–Kier alpha value is -2.44. The number of H-pyrrole nitrogens is 1. The summed E-state index contributed by atoms with van der Waals surface area (Å²) >= 11 is 7.61. The van der Waals surface area contributed by atoms with Crippen LogP contribution in [0.5, 0.6) is 0 Å². The van der Waals surface area contributed by atoms with Gasteiger partial charge in [-0.15, -0.1) is 11.3 Å². The third-order valence-corrected chi connectivity index (χ3v) is 4.23. The summed E-state index contributed by atoms with van der Waals surface area (Å²) in [5.74, 6) is 0.854. The lowest BCUT2D eigenvalue weighted by Crippen LogP contribution is -1.81. The van der Waals surface area contributed by atoms with Gasteiger partial charge in [-0.2, -0.15) is 10.1 Å². The van der Waals surface area contributed by atoms with Gasteiger partial charge in [-0.1, -0.05) is 35.0 Å². The first-order chi connectivity index (χ1) is 10.8. The molecule has 0 aliphatic carbocycles. The van der Waals surface area contributed by atoms with E-state index >= 15 is 0 Å². The molecule has 108 valence electrons. The lowest BCUT2D eigenvalue weighted by Gasteiger charge is -1.93. The van der Waals surface area contributed by atoms with Gasteiger partial charge >= 0.3 is 0 Å². The normalized spacial score (nSPS) is 11.0. The molecule has 3 heterocycles. The summed E-state index contributed by atoms with van der Waals surface area (Å²) in [5.41, 5.74) is 2.34. The molecule has 5 nitrogen and oxygen atoms in total. The highest BCUT2D eigenvalue weighted by Gasteiger charge is 2.14. The van der Waals surface area contributed by atoms with E-state index < -0.39 is 0 Å². The van der Waals surface area contributed by atoms with Crippen molar-refractivity contribution in [2.45, 2.75) is 0 Å². The van der Waals surface area contributed by atoms with Gasteiger partial charge in [0.1, 0.15) is 0 Å². The topological polar surface area (TPSA) is 67.6 Å². The Kier molecular flexibility index (Phi) is 3.25. The van der Waals surface area contributed by atoms with Crippen LogP contribution in [-0.4, -0.2) is 20.3 Å². The van der Waals surface area contributed by atoms with Crippen molar-refractivity contribution >= 4 is 22.9 Å². The van der Waals surface area contributed by atoms with E-state index in [2.05, 4.69) is 20.3 Å². The van der Waals surface area contributed by atoms with Crippen LogP contribution in [0.25, 0.3) is 33.5 Å². The molecule has 1 aromatic carbocycles. The summed E-state index contributed by atoms with van der Waals surface area (Å²) in [4.78, 5) is 5.48. The zero-order chi connectivity index (χ0) is 14.9. The molecule has 4 rings (SSSR count). The maximum Gasteiger partial charge on any atom is 0.278 e. The molecule has 0 saturated carbocycles. The van der Waals surface area contributed by atoms with Gasteiger partial charge in [0.15, 0.2) is 5.69 Å². The van der Waals surface area contributed by atoms with E-state index in [1.54, 1.807) is 23.5 Å². The minimum Gasteiger partial charge on any atom is -0.332 e. The number of halogens is 1. The van der Waals surface area contributed by atoms with Crippen molar-refractivity contribution < 1.29 is 4.52 Å². The number of nitrogens with zero attached hydrogens (tertiary/aromatic N) is 3. The van der Waals surface area contributed by atoms with E-state index in [0.717, 1.165) is 16.1 Å². The number of hydrogen-bond donors (Lipinski definition) is 1. The van der Waals surface area contributed by atoms with Crippen LogP contribution in [0.4, 0.5) is 0 Å². The maximum absolute atomic E-state index is 5.98. The Balaban J connectivity index is 1.67. The van der Waals surface area contributed by atoms with Crippen molar-refractivity contribution in [3.8, 4) is 33.5 Å². The van der Waals surface area contributed by atoms with Crippen LogP contribution in [0.2, 0.25) is 5.02 Å². The highest BCUT2D eigenvalue weighted by Crippen LogP contribution is 2.27. The zero-order valence-corrected chi connectivity index (χ0v) is 12.7. The van der Waals surface area contributed by atoms with Crippen molar-refractivity contribution in [2.75, 3.05) is 0 Å². The highest BCUT2D eigenvalue weighted by atomic mass is 35.5. The third-order valence-electron chi connectivity index (χ3n) is 3.09. The van der Waals surface area contributed by atoms with Crippen LogP contribution < -0.4 is 0 Å². The molecule has 0 fully saturated rings. The lowest BCUT2D eigenvalue weighted by molar-refractivity contribution is 0.431. The molecule has 0 radical (unpaired) electrons. The van der Waals surface area contributed by atoms with Gasteiger partial charge in [-0.25, -0.2) is 0 Å². The second-order valence-electron chi connectivity index (χ2n) is 4.58. The monoisotopic (exact) mass is 328 g/mol. The molecule has 4 aromatic rings. The molecule has 3 aromatic heterocycles. The van der Waals surface area contributed by atoms with Gasteiger partial charge in [-0.05, 0) is 29.6 Å². The Labute approximate surface area is 134 Å². The number of thiophene rings is 1. The maximum atomic E-state index is 5.98. The molecule has 0 bridgehead atoms. The van der Waals surface area contributed by atoms with Gasteiger partial charge in [-0.3, -0.25) is 5.10 Å². The predicted molar refractivity (Wildman–Crippen MR) is 85.6 cm³/mol. The van der Waals surface area contributed by atoms with E-state index in [1.807, 2.05) is 35.7 Å². The van der Waals surface area contributed by atoms with Crippen LogP contribution in [-0.2, 0) is 0 Å². The summed E-state index contributed by atoms with van der Waals surface area (Å²) in [6.45, 7) is 0. The number of benzene rings is 1. The first-order valence-corrected chi connectivity index (χ1v) is 7.75. The molecule has 22 heavy (non-hydrogen) atoms. The first-order valence-electron chi connectivity index (χ1n) is 6.49. The van der Waals surface area contributed by atoms with E-state index in [4.69, 9.17) is 16.1 Å². The number of nitrogens with one attached hydrogen (secondary N) is 1. The number of hydrogen-bond acceptors (Lipinski definition) is 5. The first kappa shape index (κ1) is 13.2. The van der Waals surface area contributed by atoms with Gasteiger partial charge in [0.2, 0.25) is 5.82 Å². The minimum atomic E-state index is 0.369. The SMILES string of the molecule is Clc1cccc(-c2noc(-c3cc(-c4cccs4)[nH]n3)n2)c1. The fourth-order valence-corrected chi connectivity index (χ4v) is 2.94. The van der Waals surface area contributed by atoms with Crippen molar-refractivity contribution in [2.24, 2.45) is 0 Å². The van der Waals surface area contributed by atoms with Crippen molar-refractivity contribution in [1.82, 2.24) is 20.3 Å². The Morgan fingerprint density at radius 2 is 2.09 bits per heavy atom. The van der Waals surface area contributed by atoms with Crippen LogP contribution in [0.15, 0.2) is 52.4 Å². The molecule has 0 aliphatic rings. The van der Waals surface area contributed by atoms with E-state index in [0.29, 0.717) is 22.4 Å². The smallest absolute Gasteiger partial charge is 0.278 e. The molecule has 0 unspecified atom stereocenters. The molecule has 0 spiro atoms. The molecule has 0 amide bonds. The van der Waals surface area contributed by atoms with Crippen LogP contribution in [0.3, 0.4) is 0 Å². The average Bonchev–Trinajstić information content (AvgIpc) is 3.27. The fourth-order valence-electron chi connectivity index (χ4n) is 2.06. The summed E-state index contributed by atoms with van der Waals surface area (Å²) < 4.78 is 5.29. The Morgan fingerprint density at radius 3 is 2.91 bits per heavy atom. The zero-order valence-electron chi connectivity index (χ0n) is 11.2. The predicted octanol–water partition coefficient (Wildman–Crippen LogP) is 4.51. The largest absolute Gasteiger partial charge is 0.332 e. The van der Waals surface area contributed by atoms with Crippen LogP contribution in [0, 0.1) is 0 Å². The lowest BCUT2D eigenvalue weighted by atomic mass is 10.2. The summed E-state index contributed by atoms with van der Waals surface area (Å²) in [6.07, 6.45) is 0. The molecular weight excluding hydrogens is 320 g/mol. The number of rotatable bonds is 3. The molecule has 1 N–H and O–H groups in total. The Morgan fingerprint density at radius 1 is 1.14 bits per heavy atom. The standard InChI is InChI=1S/C15H9ClN4OS/c16-10-4-1-3-9(7-10)14-17-15(21-20-14)12-8-11(18-19-12)13-5-2-6-22-13/h1-8H,(H,18,19). The molecular formula is C15H9ClN4OS. The molecule has 7 heteroatoms. The average molecular weight is 329 g/mol. The van der Waals surface area contributed by atoms with Gasteiger partial charge in [0.25, 0.3) is 5.89 Å². The highest BCUT2D eigenvalue weighted by molar-refractivity contribution is 7.13. The second kappa shape index (κ2) is 5.40. The molecule has 0 saturated heterocycles. The molecule has 0 aliphatic heterocycles. The van der Waals surface area contributed by atoms with Gasteiger partial charge < -0.3 is 4.52 Å². The van der Waals surface area contributed by atoms with E-state index in [-0.39, 0.29) is 0 Å². The fraction of sp³-hybridized carbons (Fsp3) is 0. The number of aromatic amines is 1. The third kappa shape index (κ3) is 2.43. The summed E-state index contributed by atoms with van der Waals surface area (Å²) in [5, 5.41) is 13.8. The van der Waals surface area contributed by atoms with Crippen molar-refractivity contribution in [1.29, 1.82) is 0 Å². The molecule has 0 atom stereocenters. The minimum absolute atomic E-state index is 0.369.